The highest BCUT2D eigenvalue weighted by Gasteiger charge is 2.06. The first-order chi connectivity index (χ1) is 11.6. The first kappa shape index (κ1) is 16.1. The lowest BCUT2D eigenvalue weighted by atomic mass is 10.1. The van der Waals surface area contributed by atoms with Gasteiger partial charge in [-0.15, -0.1) is 0 Å². The van der Waals surface area contributed by atoms with Crippen LogP contribution in [-0.2, 0) is 11.2 Å². The molecule has 0 saturated heterocycles. The van der Waals surface area contributed by atoms with E-state index in [0.717, 1.165) is 11.1 Å². The van der Waals surface area contributed by atoms with Crippen molar-refractivity contribution in [1.29, 1.82) is 0 Å². The predicted octanol–water partition coefficient (Wildman–Crippen LogP) is 4.12. The van der Waals surface area contributed by atoms with E-state index in [9.17, 15) is 9.18 Å². The number of hydrogen-bond acceptors (Lipinski definition) is 3. The van der Waals surface area contributed by atoms with Crippen molar-refractivity contribution in [2.45, 2.75) is 6.42 Å². The minimum Gasteiger partial charge on any atom is -0.323 e. The summed E-state index contributed by atoms with van der Waals surface area (Å²) in [5, 5.41) is 3.36. The molecule has 1 N–H and O–H groups in total. The maximum Gasteiger partial charge on any atom is 0.228 e. The fourth-order valence-electron chi connectivity index (χ4n) is 2.13. The molecular weight excluding hydrogens is 329 g/mol. The number of amides is 1. The van der Waals surface area contributed by atoms with E-state index in [-0.39, 0.29) is 18.1 Å². The summed E-state index contributed by atoms with van der Waals surface area (Å²) in [6.45, 7) is 0. The van der Waals surface area contributed by atoms with Crippen LogP contribution < -0.4 is 5.32 Å². The molecule has 0 spiro atoms. The zero-order valence-electron chi connectivity index (χ0n) is 12.5. The summed E-state index contributed by atoms with van der Waals surface area (Å²) in [5.74, 6) is -0.00185. The van der Waals surface area contributed by atoms with Crippen molar-refractivity contribution in [2.24, 2.45) is 0 Å². The molecule has 0 aliphatic carbocycles. The third kappa shape index (κ3) is 4.14. The Kier molecular flexibility index (Phi) is 4.82. The fraction of sp³-hybridized carbons (Fsp3) is 0.0556. The second kappa shape index (κ2) is 7.19. The Morgan fingerprint density at radius 1 is 1.00 bits per heavy atom. The van der Waals surface area contributed by atoms with Gasteiger partial charge in [-0.05, 0) is 42.0 Å². The summed E-state index contributed by atoms with van der Waals surface area (Å²) < 4.78 is 12.8. The smallest absolute Gasteiger partial charge is 0.228 e. The van der Waals surface area contributed by atoms with Crippen molar-refractivity contribution in [3.05, 3.63) is 77.3 Å². The van der Waals surface area contributed by atoms with Crippen LogP contribution >= 0.6 is 11.6 Å². The highest BCUT2D eigenvalue weighted by Crippen LogP contribution is 2.18. The summed E-state index contributed by atoms with van der Waals surface area (Å²) in [4.78, 5) is 20.4. The number of hydrogen-bond donors (Lipinski definition) is 1. The maximum atomic E-state index is 12.8. The van der Waals surface area contributed by atoms with Crippen LogP contribution in [0.2, 0.25) is 5.02 Å². The molecule has 0 unspecified atom stereocenters. The maximum absolute atomic E-state index is 12.8. The third-order valence-corrected chi connectivity index (χ3v) is 3.57. The van der Waals surface area contributed by atoms with Crippen LogP contribution in [0.25, 0.3) is 11.4 Å². The molecule has 0 aliphatic rings. The lowest BCUT2D eigenvalue weighted by molar-refractivity contribution is -0.115. The first-order valence-corrected chi connectivity index (χ1v) is 7.60. The van der Waals surface area contributed by atoms with Gasteiger partial charge in [-0.1, -0.05) is 23.7 Å². The largest absolute Gasteiger partial charge is 0.323 e. The molecule has 6 heteroatoms. The number of aromatic nitrogens is 2. The van der Waals surface area contributed by atoms with Gasteiger partial charge in [0.05, 0.1) is 24.5 Å². The van der Waals surface area contributed by atoms with Gasteiger partial charge in [0.25, 0.3) is 0 Å². The van der Waals surface area contributed by atoms with Gasteiger partial charge in [-0.25, -0.2) is 14.4 Å². The molecule has 0 bridgehead atoms. The molecule has 24 heavy (non-hydrogen) atoms. The van der Waals surface area contributed by atoms with Crippen LogP contribution in [-0.4, -0.2) is 15.9 Å². The van der Waals surface area contributed by atoms with Gasteiger partial charge in [-0.3, -0.25) is 4.79 Å². The molecule has 120 valence electrons. The standard InChI is InChI=1S/C18H13ClFN3O/c19-14-5-3-13(4-6-14)18-21-10-16(11-22-18)23-17(24)9-12-1-7-15(20)8-2-12/h1-8,10-11H,9H2,(H,23,24). The number of carbonyl (C=O) groups is 1. The van der Waals surface area contributed by atoms with E-state index in [1.165, 1.54) is 12.1 Å². The topological polar surface area (TPSA) is 54.9 Å². The molecule has 0 aliphatic heterocycles. The monoisotopic (exact) mass is 341 g/mol. The molecule has 0 radical (unpaired) electrons. The Morgan fingerprint density at radius 3 is 2.25 bits per heavy atom. The second-order valence-electron chi connectivity index (χ2n) is 5.15. The van der Waals surface area contributed by atoms with Crippen LogP contribution in [0.5, 0.6) is 0 Å². The average Bonchev–Trinajstić information content (AvgIpc) is 2.58. The molecule has 2 aromatic carbocycles. The van der Waals surface area contributed by atoms with Crippen molar-refractivity contribution < 1.29 is 9.18 Å². The summed E-state index contributed by atoms with van der Waals surface area (Å²) in [7, 11) is 0. The molecule has 4 nitrogen and oxygen atoms in total. The van der Waals surface area contributed by atoms with E-state index in [0.29, 0.717) is 16.5 Å². The lowest BCUT2D eigenvalue weighted by Crippen LogP contribution is -2.14. The Morgan fingerprint density at radius 2 is 1.62 bits per heavy atom. The number of benzene rings is 2. The van der Waals surface area contributed by atoms with Crippen molar-refractivity contribution in [3.8, 4) is 11.4 Å². The number of nitrogens with zero attached hydrogens (tertiary/aromatic N) is 2. The quantitative estimate of drug-likeness (QED) is 0.776. The average molecular weight is 342 g/mol. The van der Waals surface area contributed by atoms with Gasteiger partial charge in [0.1, 0.15) is 5.82 Å². The van der Waals surface area contributed by atoms with Crippen LogP contribution in [0, 0.1) is 5.82 Å². The number of nitrogens with one attached hydrogen (secondary N) is 1. The number of halogens is 2. The molecular formula is C18H13ClFN3O. The molecule has 0 atom stereocenters. The Labute approximate surface area is 143 Å². The predicted molar refractivity (Wildman–Crippen MR) is 91.2 cm³/mol. The van der Waals surface area contributed by atoms with Gasteiger partial charge in [-0.2, -0.15) is 0 Å². The fourth-order valence-corrected chi connectivity index (χ4v) is 2.26. The number of anilines is 1. The van der Waals surface area contributed by atoms with E-state index in [1.54, 1.807) is 36.7 Å². The summed E-state index contributed by atoms with van der Waals surface area (Å²) in [6.07, 6.45) is 3.23. The van der Waals surface area contributed by atoms with Gasteiger partial charge in [0, 0.05) is 10.6 Å². The van der Waals surface area contributed by atoms with Gasteiger partial charge in [0.15, 0.2) is 5.82 Å². The van der Waals surface area contributed by atoms with Crippen molar-refractivity contribution in [2.75, 3.05) is 5.32 Å². The van der Waals surface area contributed by atoms with Crippen LogP contribution in [0.3, 0.4) is 0 Å². The molecule has 1 heterocycles. The number of rotatable bonds is 4. The second-order valence-corrected chi connectivity index (χ2v) is 5.59. The zero-order valence-corrected chi connectivity index (χ0v) is 13.3. The molecule has 1 amide bonds. The lowest BCUT2D eigenvalue weighted by Gasteiger charge is -2.06. The first-order valence-electron chi connectivity index (χ1n) is 7.22. The minimum atomic E-state index is -0.328. The van der Waals surface area contributed by atoms with Gasteiger partial charge < -0.3 is 5.32 Å². The Bertz CT molecular complexity index is 834. The van der Waals surface area contributed by atoms with Gasteiger partial charge >= 0.3 is 0 Å². The third-order valence-electron chi connectivity index (χ3n) is 3.32. The van der Waals surface area contributed by atoms with Gasteiger partial charge in [0.2, 0.25) is 5.91 Å². The molecule has 0 saturated carbocycles. The van der Waals surface area contributed by atoms with Crippen molar-refractivity contribution in [1.82, 2.24) is 9.97 Å². The zero-order chi connectivity index (χ0) is 16.9. The molecule has 3 aromatic rings. The Hall–Kier alpha value is -2.79. The van der Waals surface area contributed by atoms with E-state index in [4.69, 9.17) is 11.6 Å². The molecule has 3 rings (SSSR count). The van der Waals surface area contributed by atoms with Crippen LogP contribution in [0.4, 0.5) is 10.1 Å². The normalized spacial score (nSPS) is 10.4. The van der Waals surface area contributed by atoms with E-state index < -0.39 is 0 Å². The van der Waals surface area contributed by atoms with Crippen LogP contribution in [0.1, 0.15) is 5.56 Å². The molecule has 0 fully saturated rings. The SMILES string of the molecule is O=C(Cc1ccc(F)cc1)Nc1cnc(-c2ccc(Cl)cc2)nc1. The minimum absolute atomic E-state index is 0.152. The van der Waals surface area contributed by atoms with E-state index in [2.05, 4.69) is 15.3 Å². The summed E-state index contributed by atoms with van der Waals surface area (Å²) >= 11 is 5.85. The van der Waals surface area contributed by atoms with Crippen molar-refractivity contribution in [3.63, 3.8) is 0 Å². The van der Waals surface area contributed by atoms with Crippen LogP contribution in [0.15, 0.2) is 60.9 Å². The summed E-state index contributed by atoms with van der Waals surface area (Å²) in [6, 6.07) is 13.0. The highest BCUT2D eigenvalue weighted by molar-refractivity contribution is 6.30. The Balaban J connectivity index is 1.64. The van der Waals surface area contributed by atoms with Crippen molar-refractivity contribution >= 4 is 23.2 Å². The highest BCUT2D eigenvalue weighted by atomic mass is 35.5. The summed E-state index contributed by atoms with van der Waals surface area (Å²) in [5.41, 5.74) is 2.07. The number of carbonyl (C=O) groups excluding carboxylic acids is 1. The van der Waals surface area contributed by atoms with E-state index >= 15 is 0 Å². The molecule has 1 aromatic heterocycles. The van der Waals surface area contributed by atoms with E-state index in [1.807, 2.05) is 12.1 Å².